The summed E-state index contributed by atoms with van der Waals surface area (Å²) in [6.07, 6.45) is -0.865. The second-order valence-corrected chi connectivity index (χ2v) is 1.62. The summed E-state index contributed by atoms with van der Waals surface area (Å²) in [4.78, 5) is 29.7. The highest BCUT2D eigenvalue weighted by molar-refractivity contribution is 6.32. The second-order valence-electron chi connectivity index (χ2n) is 1.62. The van der Waals surface area contributed by atoms with Gasteiger partial charge in [0.15, 0.2) is 0 Å². The first-order valence-electron chi connectivity index (χ1n) is 2.52. The quantitative estimate of drug-likeness (QED) is 0.401. The van der Waals surface area contributed by atoms with Crippen LogP contribution in [0.5, 0.6) is 0 Å². The minimum Gasteiger partial charge on any atom is -0.481 e. The molecule has 0 aromatic carbocycles. The molecule has 0 aliphatic rings. The highest BCUT2D eigenvalue weighted by Gasteiger charge is 2.12. The maximum Gasteiger partial charge on any atom is 0.372 e. The van der Waals surface area contributed by atoms with E-state index < -0.39 is 30.6 Å². The first-order valence-corrected chi connectivity index (χ1v) is 2.52. The molecule has 0 saturated carbocycles. The SMILES string of the molecule is O=C(O)CCC(=O)C(=O)O.[MgH2]. The van der Waals surface area contributed by atoms with E-state index in [9.17, 15) is 14.4 Å². The number of rotatable bonds is 4. The van der Waals surface area contributed by atoms with E-state index >= 15 is 0 Å². The van der Waals surface area contributed by atoms with Crippen LogP contribution >= 0.6 is 0 Å². The summed E-state index contributed by atoms with van der Waals surface area (Å²) in [6, 6.07) is 0. The Balaban J connectivity index is 0. The minimum atomic E-state index is -1.58. The Kier molecular flexibility index (Phi) is 7.22. The molecule has 0 saturated heterocycles. The van der Waals surface area contributed by atoms with Crippen LogP contribution in [0.25, 0.3) is 0 Å². The lowest BCUT2D eigenvalue weighted by Gasteiger charge is -1.88. The van der Waals surface area contributed by atoms with Gasteiger partial charge >= 0.3 is 35.0 Å². The van der Waals surface area contributed by atoms with E-state index in [1.54, 1.807) is 0 Å². The van der Waals surface area contributed by atoms with E-state index in [4.69, 9.17) is 10.2 Å². The lowest BCUT2D eigenvalue weighted by atomic mass is 10.2. The summed E-state index contributed by atoms with van der Waals surface area (Å²) in [5.41, 5.74) is 0. The first-order chi connectivity index (χ1) is 4.54. The maximum atomic E-state index is 10.2. The first kappa shape index (κ1) is 13.0. The number of carboxylic acid groups (broad SMARTS) is 2. The molecule has 0 aliphatic carbocycles. The third-order valence-corrected chi connectivity index (χ3v) is 0.804. The van der Waals surface area contributed by atoms with Gasteiger partial charge in [-0.05, 0) is 0 Å². The van der Waals surface area contributed by atoms with Crippen molar-refractivity contribution in [1.29, 1.82) is 0 Å². The van der Waals surface area contributed by atoms with Crippen molar-refractivity contribution in [3.8, 4) is 0 Å². The number of hydrogen-bond donors (Lipinski definition) is 2. The van der Waals surface area contributed by atoms with E-state index in [1.165, 1.54) is 0 Å². The molecule has 6 heteroatoms. The van der Waals surface area contributed by atoms with E-state index in [1.807, 2.05) is 0 Å². The van der Waals surface area contributed by atoms with Crippen molar-refractivity contribution >= 4 is 40.8 Å². The highest BCUT2D eigenvalue weighted by atomic mass is 24.3. The summed E-state index contributed by atoms with van der Waals surface area (Å²) >= 11 is 0. The third-order valence-electron chi connectivity index (χ3n) is 0.804. The zero-order valence-corrected chi connectivity index (χ0v) is 5.03. The van der Waals surface area contributed by atoms with Crippen LogP contribution in [0, 0.1) is 0 Å². The fourth-order valence-corrected chi connectivity index (χ4v) is 0.327. The average Bonchev–Trinajstić information content (AvgIpc) is 1.82. The molecule has 0 aromatic rings. The molecule has 0 unspecified atom stereocenters. The van der Waals surface area contributed by atoms with Crippen LogP contribution in [0.3, 0.4) is 0 Å². The number of hydrogen-bond acceptors (Lipinski definition) is 3. The topological polar surface area (TPSA) is 91.7 Å². The summed E-state index contributed by atoms with van der Waals surface area (Å²) in [6.45, 7) is 0. The largest absolute Gasteiger partial charge is 0.481 e. The molecule has 0 spiro atoms. The normalized spacial score (nSPS) is 8.00. The van der Waals surface area contributed by atoms with Gasteiger partial charge in [-0.3, -0.25) is 9.59 Å². The van der Waals surface area contributed by atoms with E-state index in [2.05, 4.69) is 0 Å². The Morgan fingerprint density at radius 2 is 1.45 bits per heavy atom. The van der Waals surface area contributed by atoms with Gasteiger partial charge in [-0.2, -0.15) is 0 Å². The second kappa shape index (κ2) is 6.11. The van der Waals surface area contributed by atoms with Gasteiger partial charge in [0.1, 0.15) is 0 Å². The lowest BCUT2D eigenvalue weighted by Crippen LogP contribution is -2.13. The molecule has 0 heterocycles. The van der Waals surface area contributed by atoms with E-state index in [-0.39, 0.29) is 23.1 Å². The van der Waals surface area contributed by atoms with Crippen molar-refractivity contribution in [2.75, 3.05) is 0 Å². The van der Waals surface area contributed by atoms with Crippen LogP contribution < -0.4 is 0 Å². The highest BCUT2D eigenvalue weighted by Crippen LogP contribution is 1.89. The van der Waals surface area contributed by atoms with Gasteiger partial charge in [0.05, 0.1) is 6.42 Å². The number of aliphatic carboxylic acids is 2. The minimum absolute atomic E-state index is 0. The molecular weight excluding hydrogens is 164 g/mol. The molecule has 11 heavy (non-hydrogen) atoms. The Morgan fingerprint density at radius 1 is 1.00 bits per heavy atom. The average molecular weight is 172 g/mol. The molecule has 0 rings (SSSR count). The van der Waals surface area contributed by atoms with Crippen LogP contribution in [0.15, 0.2) is 0 Å². The molecular formula is C5H8MgO5. The van der Waals surface area contributed by atoms with Crippen molar-refractivity contribution < 1.29 is 24.6 Å². The lowest BCUT2D eigenvalue weighted by molar-refractivity contribution is -0.149. The predicted octanol–water partition coefficient (Wildman–Crippen LogP) is -1.41. The van der Waals surface area contributed by atoms with Gasteiger partial charge in [-0.15, -0.1) is 0 Å². The number of carbonyl (C=O) groups excluding carboxylic acids is 1. The summed E-state index contributed by atoms with van der Waals surface area (Å²) in [5.74, 6) is -3.82. The molecule has 0 fully saturated rings. The van der Waals surface area contributed by atoms with Crippen molar-refractivity contribution in [1.82, 2.24) is 0 Å². The fraction of sp³-hybridized carbons (Fsp3) is 0.400. The van der Waals surface area contributed by atoms with Gasteiger partial charge in [0.25, 0.3) is 0 Å². The maximum absolute atomic E-state index is 10.2. The van der Waals surface area contributed by atoms with Crippen molar-refractivity contribution in [2.24, 2.45) is 0 Å². The van der Waals surface area contributed by atoms with Gasteiger partial charge in [-0.1, -0.05) is 0 Å². The summed E-state index contributed by atoms with van der Waals surface area (Å²) in [7, 11) is 0. The molecule has 0 atom stereocenters. The van der Waals surface area contributed by atoms with Crippen LogP contribution in [-0.2, 0) is 14.4 Å². The Bertz CT molecular complexity index is 176. The standard InChI is InChI=1S/C5H6O5.Mg.2H/c6-3(5(9)10)1-2-4(7)8;;;/h1-2H2,(H,7,8)(H,9,10);;;. The molecule has 0 bridgehead atoms. The van der Waals surface area contributed by atoms with E-state index in [0.717, 1.165) is 0 Å². The molecule has 0 aromatic heterocycles. The number of carbonyl (C=O) groups is 3. The molecule has 0 radical (unpaired) electrons. The van der Waals surface area contributed by atoms with Crippen LogP contribution in [0.1, 0.15) is 12.8 Å². The fourth-order valence-electron chi connectivity index (χ4n) is 0.327. The zero-order valence-electron chi connectivity index (χ0n) is 5.03. The smallest absolute Gasteiger partial charge is 0.372 e. The van der Waals surface area contributed by atoms with Gasteiger partial charge in [-0.25, -0.2) is 4.79 Å². The van der Waals surface area contributed by atoms with Crippen LogP contribution in [0.2, 0.25) is 0 Å². The summed E-state index contributed by atoms with van der Waals surface area (Å²) < 4.78 is 0. The van der Waals surface area contributed by atoms with E-state index in [0.29, 0.717) is 0 Å². The van der Waals surface area contributed by atoms with Crippen molar-refractivity contribution in [2.45, 2.75) is 12.8 Å². The monoisotopic (exact) mass is 172 g/mol. The molecule has 0 aliphatic heterocycles. The predicted molar refractivity (Wildman–Crippen MR) is 38.1 cm³/mol. The van der Waals surface area contributed by atoms with Crippen LogP contribution in [0.4, 0.5) is 0 Å². The molecule has 60 valence electrons. The van der Waals surface area contributed by atoms with Crippen LogP contribution in [-0.4, -0.2) is 51.0 Å². The van der Waals surface area contributed by atoms with Crippen molar-refractivity contribution in [3.63, 3.8) is 0 Å². The zero-order chi connectivity index (χ0) is 8.15. The van der Waals surface area contributed by atoms with Gasteiger partial charge in [0.2, 0.25) is 5.78 Å². The number of carboxylic acids is 2. The molecule has 0 amide bonds. The Morgan fingerprint density at radius 3 is 1.73 bits per heavy atom. The molecule has 2 N–H and O–H groups in total. The summed E-state index contributed by atoms with van der Waals surface area (Å²) in [5, 5.41) is 16.0. The Labute approximate surface area is 78.5 Å². The Hall–Kier alpha value is -0.624. The number of Topliss-reactive ketones (excluding diaryl/α,β-unsaturated/α-hetero) is 1. The number of ketones is 1. The third kappa shape index (κ3) is 7.27. The molecule has 5 nitrogen and oxygen atoms in total. The van der Waals surface area contributed by atoms with Crippen molar-refractivity contribution in [3.05, 3.63) is 0 Å². The van der Waals surface area contributed by atoms with Gasteiger partial charge in [0, 0.05) is 6.42 Å². The van der Waals surface area contributed by atoms with Gasteiger partial charge < -0.3 is 10.2 Å².